The molecule has 1 heterocycles. The van der Waals surface area contributed by atoms with Crippen molar-refractivity contribution in [2.45, 2.75) is 43.9 Å². The molecule has 0 spiro atoms. The molecular formula is C20H22N2O2S. The van der Waals surface area contributed by atoms with Gasteiger partial charge in [0.25, 0.3) is 0 Å². The minimum Gasteiger partial charge on any atom is -0.496 e. The summed E-state index contributed by atoms with van der Waals surface area (Å²) in [6, 6.07) is 10.6. The van der Waals surface area contributed by atoms with E-state index in [1.165, 1.54) is 41.5 Å². The zero-order valence-corrected chi connectivity index (χ0v) is 15.4. The first-order valence-corrected chi connectivity index (χ1v) is 9.61. The fraction of sp³-hybridized carbons (Fsp3) is 0.350. The number of hydrogen-bond donors (Lipinski definition) is 1. The van der Waals surface area contributed by atoms with Crippen LogP contribution in [0.2, 0.25) is 0 Å². The topological polar surface area (TPSA) is 47.3 Å². The molecule has 1 aliphatic rings. The van der Waals surface area contributed by atoms with E-state index in [4.69, 9.17) is 9.26 Å². The second-order valence-electron chi connectivity index (χ2n) is 6.40. The summed E-state index contributed by atoms with van der Waals surface area (Å²) in [6.45, 7) is 2.15. The summed E-state index contributed by atoms with van der Waals surface area (Å²) >= 11 is 1.53. The first-order valence-electron chi connectivity index (χ1n) is 8.79. The highest BCUT2D eigenvalue weighted by atomic mass is 32.2. The van der Waals surface area contributed by atoms with E-state index in [0.717, 1.165) is 46.7 Å². The molecule has 5 heteroatoms. The number of methoxy groups -OCH3 is 1. The molecule has 130 valence electrons. The number of hydrogen-bond acceptors (Lipinski definition) is 5. The van der Waals surface area contributed by atoms with Crippen molar-refractivity contribution in [3.05, 3.63) is 47.0 Å². The molecular weight excluding hydrogens is 332 g/mol. The molecule has 1 N–H and O–H groups in total. The van der Waals surface area contributed by atoms with Crippen LogP contribution >= 0.6 is 11.9 Å². The molecule has 25 heavy (non-hydrogen) atoms. The third-order valence-corrected chi connectivity index (χ3v) is 5.66. The van der Waals surface area contributed by atoms with Crippen molar-refractivity contribution < 1.29 is 9.26 Å². The number of nitrogens with one attached hydrogen (secondary N) is 1. The summed E-state index contributed by atoms with van der Waals surface area (Å²) in [5, 5.41) is 5.20. The number of rotatable bonds is 5. The highest BCUT2D eigenvalue weighted by Gasteiger charge is 2.16. The largest absolute Gasteiger partial charge is 0.496 e. The van der Waals surface area contributed by atoms with E-state index in [2.05, 4.69) is 41.1 Å². The lowest BCUT2D eigenvalue weighted by Gasteiger charge is -2.19. The van der Waals surface area contributed by atoms with Crippen molar-refractivity contribution in [2.75, 3.05) is 11.8 Å². The van der Waals surface area contributed by atoms with Crippen LogP contribution in [-0.4, -0.2) is 12.3 Å². The predicted octanol–water partition coefficient (Wildman–Crippen LogP) is 5.40. The molecule has 4 rings (SSSR count). The Kier molecular flexibility index (Phi) is 4.57. The fourth-order valence-corrected chi connectivity index (χ4v) is 4.16. The van der Waals surface area contributed by atoms with Gasteiger partial charge in [0.05, 0.1) is 17.4 Å². The van der Waals surface area contributed by atoms with Crippen molar-refractivity contribution in [2.24, 2.45) is 0 Å². The van der Waals surface area contributed by atoms with Crippen molar-refractivity contribution in [3.8, 4) is 5.75 Å². The third kappa shape index (κ3) is 3.21. The first kappa shape index (κ1) is 16.3. The fourth-order valence-electron chi connectivity index (χ4n) is 3.36. The van der Waals surface area contributed by atoms with Gasteiger partial charge in [-0.3, -0.25) is 0 Å². The van der Waals surface area contributed by atoms with Crippen LogP contribution < -0.4 is 9.46 Å². The van der Waals surface area contributed by atoms with Crippen LogP contribution in [0.25, 0.3) is 11.0 Å². The molecule has 0 atom stereocenters. The zero-order valence-electron chi connectivity index (χ0n) is 14.6. The molecule has 3 aromatic rings. The van der Waals surface area contributed by atoms with Gasteiger partial charge in [-0.1, -0.05) is 18.1 Å². The number of nitrogens with zero attached hydrogens (tertiary/aromatic N) is 1. The molecule has 0 unspecified atom stereocenters. The molecule has 4 nitrogen and oxygen atoms in total. The predicted molar refractivity (Wildman–Crippen MR) is 103 cm³/mol. The molecule has 0 radical (unpaired) electrons. The maximum atomic E-state index is 5.60. The molecule has 1 aliphatic carbocycles. The van der Waals surface area contributed by atoms with E-state index in [9.17, 15) is 0 Å². The Morgan fingerprint density at radius 2 is 1.96 bits per heavy atom. The summed E-state index contributed by atoms with van der Waals surface area (Å²) in [7, 11) is 1.73. The van der Waals surface area contributed by atoms with Crippen LogP contribution in [0, 0.1) is 0 Å². The molecule has 0 fully saturated rings. The number of aromatic nitrogens is 1. The minimum absolute atomic E-state index is 0.759. The summed E-state index contributed by atoms with van der Waals surface area (Å²) < 4.78 is 14.4. The van der Waals surface area contributed by atoms with Crippen LogP contribution in [0.4, 0.5) is 5.82 Å². The molecule has 0 bridgehead atoms. The summed E-state index contributed by atoms with van der Waals surface area (Å²) in [6.07, 6.45) is 5.83. The number of fused-ring (bicyclic) bond motifs is 2. The van der Waals surface area contributed by atoms with Gasteiger partial charge in [-0.2, -0.15) is 0 Å². The lowest BCUT2D eigenvalue weighted by molar-refractivity contribution is 0.403. The van der Waals surface area contributed by atoms with Crippen LogP contribution in [0.3, 0.4) is 0 Å². The molecule has 0 saturated carbocycles. The van der Waals surface area contributed by atoms with Crippen molar-refractivity contribution in [1.29, 1.82) is 0 Å². The van der Waals surface area contributed by atoms with Gasteiger partial charge in [0, 0.05) is 0 Å². The van der Waals surface area contributed by atoms with Gasteiger partial charge in [0.1, 0.15) is 5.75 Å². The highest BCUT2D eigenvalue weighted by Crippen LogP contribution is 2.36. The highest BCUT2D eigenvalue weighted by molar-refractivity contribution is 8.00. The number of ether oxygens (including phenoxy) is 1. The van der Waals surface area contributed by atoms with E-state index >= 15 is 0 Å². The third-order valence-electron chi connectivity index (χ3n) is 4.83. The maximum absolute atomic E-state index is 5.60. The van der Waals surface area contributed by atoms with E-state index in [0.29, 0.717) is 0 Å². The number of benzene rings is 2. The van der Waals surface area contributed by atoms with Crippen molar-refractivity contribution in [1.82, 2.24) is 5.16 Å². The lowest BCUT2D eigenvalue weighted by Crippen LogP contribution is -2.04. The average Bonchev–Trinajstić information content (AvgIpc) is 3.07. The van der Waals surface area contributed by atoms with Gasteiger partial charge in [-0.25, -0.2) is 0 Å². The second-order valence-corrected chi connectivity index (χ2v) is 7.25. The SMILES string of the molecule is CCc1ccc2onc(NSc3cc4c(cc3OC)CCCC4)c2c1. The Morgan fingerprint density at radius 3 is 2.72 bits per heavy atom. The van der Waals surface area contributed by atoms with Gasteiger partial charge < -0.3 is 14.0 Å². The molecule has 0 amide bonds. The van der Waals surface area contributed by atoms with Crippen LogP contribution in [0.5, 0.6) is 5.75 Å². The van der Waals surface area contributed by atoms with Crippen LogP contribution in [0.1, 0.15) is 36.5 Å². The lowest BCUT2D eigenvalue weighted by atomic mass is 9.92. The monoisotopic (exact) mass is 354 g/mol. The van der Waals surface area contributed by atoms with E-state index in [1.807, 2.05) is 6.07 Å². The minimum atomic E-state index is 0.759. The zero-order chi connectivity index (χ0) is 17.2. The van der Waals surface area contributed by atoms with Crippen LogP contribution in [0.15, 0.2) is 39.8 Å². The second kappa shape index (κ2) is 7.00. The molecule has 1 aromatic heterocycles. The first-order chi connectivity index (χ1) is 12.3. The van der Waals surface area contributed by atoms with Gasteiger partial charge in [0.2, 0.25) is 0 Å². The standard InChI is InChI=1S/C20H22N2O2S/c1-3-13-8-9-17-16(10-13)20(21-24-17)22-25-19-12-15-7-5-4-6-14(15)11-18(19)23-2/h8-12H,3-7H2,1-2H3,(H,21,22). The quantitative estimate of drug-likeness (QED) is 0.622. The van der Waals surface area contributed by atoms with E-state index in [1.54, 1.807) is 7.11 Å². The normalized spacial score (nSPS) is 13.7. The Bertz CT molecular complexity index is 904. The Balaban J connectivity index is 1.61. The van der Waals surface area contributed by atoms with Gasteiger partial charge >= 0.3 is 0 Å². The van der Waals surface area contributed by atoms with Gasteiger partial charge in [0.15, 0.2) is 11.4 Å². The van der Waals surface area contributed by atoms with E-state index < -0.39 is 0 Å². The average molecular weight is 354 g/mol. The summed E-state index contributed by atoms with van der Waals surface area (Å²) in [5.74, 6) is 1.68. The summed E-state index contributed by atoms with van der Waals surface area (Å²) in [4.78, 5) is 1.09. The van der Waals surface area contributed by atoms with E-state index in [-0.39, 0.29) is 0 Å². The number of aryl methyl sites for hydroxylation is 3. The van der Waals surface area contributed by atoms with Crippen molar-refractivity contribution >= 4 is 28.7 Å². The maximum Gasteiger partial charge on any atom is 0.187 e. The molecule has 0 saturated heterocycles. The molecule has 2 aromatic carbocycles. The molecule has 0 aliphatic heterocycles. The Hall–Kier alpha value is -2.14. The Labute approximate surface area is 152 Å². The van der Waals surface area contributed by atoms with Gasteiger partial charge in [-0.05, 0) is 85.0 Å². The van der Waals surface area contributed by atoms with Crippen LogP contribution in [-0.2, 0) is 19.3 Å². The van der Waals surface area contributed by atoms with Gasteiger partial charge in [-0.15, -0.1) is 0 Å². The smallest absolute Gasteiger partial charge is 0.187 e. The number of anilines is 1. The van der Waals surface area contributed by atoms with Crippen molar-refractivity contribution in [3.63, 3.8) is 0 Å². The summed E-state index contributed by atoms with van der Waals surface area (Å²) in [5.41, 5.74) is 4.94. The Morgan fingerprint density at radius 1 is 1.16 bits per heavy atom.